The first-order chi connectivity index (χ1) is 27.7. The number of benzene rings is 9. The van der Waals surface area contributed by atoms with E-state index in [0.717, 1.165) is 34.2 Å². The molecule has 2 aliphatic heterocycles. The molecule has 0 aromatic heterocycles. The third-order valence-electron chi connectivity index (χ3n) is 12.3. The lowest BCUT2D eigenvalue weighted by Crippen LogP contribution is -2.59. The summed E-state index contributed by atoms with van der Waals surface area (Å²) in [5.74, 6) is 2.10. The summed E-state index contributed by atoms with van der Waals surface area (Å²) < 4.78 is 6.99. The Bertz CT molecular complexity index is 3000. The van der Waals surface area contributed by atoms with Crippen molar-refractivity contribution < 1.29 is 4.74 Å². The summed E-state index contributed by atoms with van der Waals surface area (Å²) in [6.07, 6.45) is 0. The van der Waals surface area contributed by atoms with Gasteiger partial charge in [-0.2, -0.15) is 0 Å². The lowest BCUT2D eigenvalue weighted by molar-refractivity contribution is 0.487. The highest BCUT2D eigenvalue weighted by molar-refractivity contribution is 7.00. The molecule has 0 N–H and O–H groups in total. The average Bonchev–Trinajstić information content (AvgIpc) is 3.51. The zero-order valence-electron chi connectivity index (χ0n) is 30.9. The Kier molecular flexibility index (Phi) is 6.70. The van der Waals surface area contributed by atoms with Crippen LogP contribution in [0.1, 0.15) is 24.0 Å². The van der Waals surface area contributed by atoms with Gasteiger partial charge in [0.05, 0.1) is 0 Å². The zero-order valence-corrected chi connectivity index (χ0v) is 30.9. The summed E-state index contributed by atoms with van der Waals surface area (Å²) in [6, 6.07) is 68.5. The number of hydrogen-bond donors (Lipinski definition) is 0. The number of rotatable bonds is 4. The third kappa shape index (κ3) is 4.53. The lowest BCUT2D eigenvalue weighted by Gasteiger charge is -2.40. The Balaban J connectivity index is 1.02. The molecule has 1 aliphatic carbocycles. The fourth-order valence-electron chi connectivity index (χ4n) is 9.77. The number of para-hydroxylation sites is 3. The van der Waals surface area contributed by atoms with Gasteiger partial charge in [0.2, 0.25) is 0 Å². The van der Waals surface area contributed by atoms with Crippen LogP contribution in [0.5, 0.6) is 11.5 Å². The Hall–Kier alpha value is -7.04. The highest BCUT2D eigenvalue weighted by Gasteiger charge is 2.44. The van der Waals surface area contributed by atoms with Gasteiger partial charge in [0, 0.05) is 40.0 Å². The van der Waals surface area contributed by atoms with Crippen molar-refractivity contribution >= 4 is 78.8 Å². The predicted molar refractivity (Wildman–Crippen MR) is 235 cm³/mol. The average molecular weight is 715 g/mol. The minimum Gasteiger partial charge on any atom is -0.458 e. The molecule has 3 aliphatic rings. The Morgan fingerprint density at radius 3 is 1.93 bits per heavy atom. The fraction of sp³-hybridized carbons (Fsp3) is 0.0385. The molecule has 4 heteroatoms. The van der Waals surface area contributed by atoms with E-state index in [0.29, 0.717) is 0 Å². The molecule has 0 fully saturated rings. The summed E-state index contributed by atoms with van der Waals surface area (Å²) in [7, 11) is 0. The first-order valence-corrected chi connectivity index (χ1v) is 19.5. The Labute approximate surface area is 326 Å². The monoisotopic (exact) mass is 714 g/mol. The first-order valence-electron chi connectivity index (χ1n) is 19.5. The van der Waals surface area contributed by atoms with Crippen LogP contribution in [0.2, 0.25) is 0 Å². The molecule has 12 rings (SSSR count). The predicted octanol–water partition coefficient (Wildman–Crippen LogP) is 12.0. The summed E-state index contributed by atoms with van der Waals surface area (Å²) in [6.45, 7) is 2.40. The van der Waals surface area contributed by atoms with E-state index in [9.17, 15) is 0 Å². The number of hydrogen-bond acceptors (Lipinski definition) is 3. The molecule has 0 spiro atoms. The van der Waals surface area contributed by atoms with E-state index in [2.05, 4.69) is 205 Å². The molecule has 2 heterocycles. The van der Waals surface area contributed by atoms with Crippen molar-refractivity contribution in [3.05, 3.63) is 199 Å². The van der Waals surface area contributed by atoms with Gasteiger partial charge in [-0.25, -0.2) is 0 Å². The molecule has 9 aromatic rings. The van der Waals surface area contributed by atoms with Crippen molar-refractivity contribution in [2.75, 3.05) is 9.80 Å². The maximum Gasteiger partial charge on any atom is 0.257 e. The summed E-state index contributed by atoms with van der Waals surface area (Å²) in [4.78, 5) is 4.76. The van der Waals surface area contributed by atoms with E-state index in [4.69, 9.17) is 4.74 Å². The Morgan fingerprint density at radius 1 is 0.482 bits per heavy atom. The van der Waals surface area contributed by atoms with Gasteiger partial charge in [-0.05, 0) is 145 Å². The molecule has 0 radical (unpaired) electrons. The van der Waals surface area contributed by atoms with Crippen LogP contribution in [-0.4, -0.2) is 6.71 Å². The third-order valence-corrected chi connectivity index (χ3v) is 12.3. The second kappa shape index (κ2) is 12.0. The van der Waals surface area contributed by atoms with Crippen molar-refractivity contribution in [3.8, 4) is 22.6 Å². The molecule has 0 bridgehead atoms. The zero-order chi connectivity index (χ0) is 36.9. The number of ether oxygens (including phenoxy) is 1. The molecule has 1 atom stereocenters. The molecule has 1 unspecified atom stereocenters. The molecule has 0 amide bonds. The van der Waals surface area contributed by atoms with Gasteiger partial charge < -0.3 is 14.5 Å². The highest BCUT2D eigenvalue weighted by atomic mass is 16.5. The van der Waals surface area contributed by atoms with Gasteiger partial charge >= 0.3 is 0 Å². The number of anilines is 6. The van der Waals surface area contributed by atoms with Crippen molar-refractivity contribution in [2.24, 2.45) is 0 Å². The van der Waals surface area contributed by atoms with Crippen LogP contribution in [0.3, 0.4) is 0 Å². The topological polar surface area (TPSA) is 15.7 Å². The second-order valence-corrected chi connectivity index (χ2v) is 15.3. The standard InChI is InChI=1S/C52H35BN2O/c1-33-42-30-36-28-40(54(37-15-5-2-6-16-37)38-17-7-3-8-18-38)26-24-35(36)29-44(42)45-32-50-46(31-43(33)45)53-51-41-21-12-11-14-34(41)25-27-48(51)55(39-19-9-4-10-20-39)47-22-13-23-49(56-50)52(47)53/h2-33H,1H3. The van der Waals surface area contributed by atoms with Crippen LogP contribution in [0.4, 0.5) is 34.1 Å². The Morgan fingerprint density at radius 2 is 1.14 bits per heavy atom. The molecule has 0 saturated heterocycles. The van der Waals surface area contributed by atoms with E-state index < -0.39 is 0 Å². The quantitative estimate of drug-likeness (QED) is 0.169. The van der Waals surface area contributed by atoms with Gasteiger partial charge in [-0.1, -0.05) is 110 Å². The van der Waals surface area contributed by atoms with E-state index in [1.807, 2.05) is 0 Å². The minimum atomic E-state index is 0.0239. The van der Waals surface area contributed by atoms with Crippen LogP contribution in [0, 0.1) is 0 Å². The van der Waals surface area contributed by atoms with Crippen LogP contribution >= 0.6 is 0 Å². The molecule has 9 aromatic carbocycles. The fourth-order valence-corrected chi connectivity index (χ4v) is 9.77. The van der Waals surface area contributed by atoms with Crippen molar-refractivity contribution in [1.82, 2.24) is 0 Å². The molecular formula is C52H35BN2O. The van der Waals surface area contributed by atoms with E-state index in [1.165, 1.54) is 71.6 Å². The van der Waals surface area contributed by atoms with E-state index in [1.54, 1.807) is 0 Å². The van der Waals surface area contributed by atoms with Crippen LogP contribution < -0.4 is 30.9 Å². The van der Waals surface area contributed by atoms with Crippen LogP contribution in [-0.2, 0) is 0 Å². The van der Waals surface area contributed by atoms with E-state index in [-0.39, 0.29) is 12.6 Å². The molecule has 56 heavy (non-hydrogen) atoms. The highest BCUT2D eigenvalue weighted by Crippen LogP contribution is 2.50. The lowest BCUT2D eigenvalue weighted by atomic mass is 9.33. The van der Waals surface area contributed by atoms with Crippen LogP contribution in [0.25, 0.3) is 32.7 Å². The van der Waals surface area contributed by atoms with Gasteiger partial charge in [-0.15, -0.1) is 0 Å². The van der Waals surface area contributed by atoms with E-state index >= 15 is 0 Å². The van der Waals surface area contributed by atoms with Gasteiger partial charge in [-0.3, -0.25) is 0 Å². The number of fused-ring (bicyclic) bond motifs is 10. The molecule has 3 nitrogen and oxygen atoms in total. The summed E-state index contributed by atoms with van der Waals surface area (Å²) in [5.41, 5.74) is 16.0. The smallest absolute Gasteiger partial charge is 0.257 e. The van der Waals surface area contributed by atoms with Crippen molar-refractivity contribution in [2.45, 2.75) is 12.8 Å². The SMILES string of the molecule is CC1c2cc3c(cc2-c2cc4ccc(N(c5ccccc5)c5ccccc5)cc4cc21)Oc1cccc2c1B3c1c(ccc3ccccc13)N2c1ccccc1. The maximum atomic E-state index is 6.99. The van der Waals surface area contributed by atoms with Crippen molar-refractivity contribution in [1.29, 1.82) is 0 Å². The van der Waals surface area contributed by atoms with Gasteiger partial charge in [0.15, 0.2) is 0 Å². The summed E-state index contributed by atoms with van der Waals surface area (Å²) >= 11 is 0. The molecular weight excluding hydrogens is 679 g/mol. The molecule has 262 valence electrons. The maximum absolute atomic E-state index is 6.99. The minimum absolute atomic E-state index is 0.0239. The molecule has 0 saturated carbocycles. The van der Waals surface area contributed by atoms with Gasteiger partial charge in [0.1, 0.15) is 11.5 Å². The second-order valence-electron chi connectivity index (χ2n) is 15.3. The largest absolute Gasteiger partial charge is 0.458 e. The van der Waals surface area contributed by atoms with Crippen LogP contribution in [0.15, 0.2) is 188 Å². The summed E-state index contributed by atoms with van der Waals surface area (Å²) in [5, 5.41) is 5.00. The normalized spacial score (nSPS) is 14.4. The first kappa shape index (κ1) is 31.3. The van der Waals surface area contributed by atoms with Crippen molar-refractivity contribution in [3.63, 3.8) is 0 Å². The number of nitrogens with zero attached hydrogens (tertiary/aromatic N) is 2. The van der Waals surface area contributed by atoms with Gasteiger partial charge in [0.25, 0.3) is 6.71 Å².